The molecule has 1 aromatic rings. The number of rotatable bonds is 2. The van der Waals surface area contributed by atoms with E-state index >= 15 is 0 Å². The minimum absolute atomic E-state index is 0.777. The van der Waals surface area contributed by atoms with Crippen LogP contribution in [0, 0.1) is 0 Å². The summed E-state index contributed by atoms with van der Waals surface area (Å²) in [5.74, 6) is 0.782. The molecule has 1 fully saturated rings. The van der Waals surface area contributed by atoms with Gasteiger partial charge in [0.05, 0.1) is 0 Å². The minimum atomic E-state index is 0.777. The molecule has 2 aliphatic rings. The van der Waals surface area contributed by atoms with Crippen LogP contribution in [-0.4, -0.2) is 24.0 Å². The monoisotopic (exact) mass is 255 g/mol. The third kappa shape index (κ3) is 2.62. The molecule has 1 nitrogen and oxygen atoms in total. The standard InChI is InChI=1S/C18H25N/c1-14(2)11-13-19-12-5-8-17-16-7-4-3-6-15(16)9-10-18(17)19/h3-4,6-7,11,17-18H,5,8-10,12-13H2,1-2H3. The number of likely N-dealkylation sites (tertiary alicyclic amines) is 1. The van der Waals surface area contributed by atoms with Crippen molar-refractivity contribution in [2.75, 3.05) is 13.1 Å². The summed E-state index contributed by atoms with van der Waals surface area (Å²) in [6, 6.07) is 9.90. The van der Waals surface area contributed by atoms with Crippen LogP contribution in [-0.2, 0) is 6.42 Å². The van der Waals surface area contributed by atoms with Crippen LogP contribution < -0.4 is 0 Å². The van der Waals surface area contributed by atoms with E-state index in [9.17, 15) is 0 Å². The maximum Gasteiger partial charge on any atom is 0.0170 e. The van der Waals surface area contributed by atoms with Crippen molar-refractivity contribution in [2.24, 2.45) is 0 Å². The number of fused-ring (bicyclic) bond motifs is 3. The zero-order chi connectivity index (χ0) is 13.2. The van der Waals surface area contributed by atoms with Gasteiger partial charge in [-0.05, 0) is 63.1 Å². The molecule has 2 unspecified atom stereocenters. The van der Waals surface area contributed by atoms with E-state index < -0.39 is 0 Å². The van der Waals surface area contributed by atoms with Gasteiger partial charge in [0.2, 0.25) is 0 Å². The zero-order valence-electron chi connectivity index (χ0n) is 12.2. The van der Waals surface area contributed by atoms with E-state index in [2.05, 4.69) is 49.1 Å². The molecule has 0 saturated carbocycles. The lowest BCUT2D eigenvalue weighted by Gasteiger charge is -2.44. The van der Waals surface area contributed by atoms with Crippen molar-refractivity contribution >= 4 is 0 Å². The molecule has 1 aliphatic heterocycles. The van der Waals surface area contributed by atoms with Crippen molar-refractivity contribution in [3.05, 3.63) is 47.0 Å². The summed E-state index contributed by atoms with van der Waals surface area (Å²) in [5.41, 5.74) is 4.69. The Morgan fingerprint density at radius 3 is 2.95 bits per heavy atom. The Kier molecular flexibility index (Phi) is 3.74. The molecule has 0 N–H and O–H groups in total. The second-order valence-electron chi connectivity index (χ2n) is 6.33. The molecule has 1 heteroatoms. The molecular formula is C18H25N. The van der Waals surface area contributed by atoms with Crippen LogP contribution in [0.1, 0.15) is 50.2 Å². The summed E-state index contributed by atoms with van der Waals surface area (Å²) >= 11 is 0. The molecule has 3 rings (SSSR count). The van der Waals surface area contributed by atoms with Gasteiger partial charge in [0.1, 0.15) is 0 Å². The van der Waals surface area contributed by atoms with Crippen molar-refractivity contribution in [2.45, 2.75) is 51.5 Å². The number of allylic oxidation sites excluding steroid dienone is 1. The van der Waals surface area contributed by atoms with E-state index in [-0.39, 0.29) is 0 Å². The molecule has 0 aromatic heterocycles. The number of benzene rings is 1. The van der Waals surface area contributed by atoms with Crippen LogP contribution in [0.4, 0.5) is 0 Å². The fourth-order valence-electron chi connectivity index (χ4n) is 3.83. The van der Waals surface area contributed by atoms with Gasteiger partial charge in [-0.3, -0.25) is 4.90 Å². The Morgan fingerprint density at radius 2 is 2.11 bits per heavy atom. The molecule has 102 valence electrons. The van der Waals surface area contributed by atoms with Gasteiger partial charge in [-0.2, -0.15) is 0 Å². The predicted molar refractivity (Wildman–Crippen MR) is 81.5 cm³/mol. The van der Waals surface area contributed by atoms with Gasteiger partial charge in [-0.1, -0.05) is 35.9 Å². The summed E-state index contributed by atoms with van der Waals surface area (Å²) in [6.07, 6.45) is 7.74. The van der Waals surface area contributed by atoms with Crippen molar-refractivity contribution < 1.29 is 0 Å². The van der Waals surface area contributed by atoms with E-state index in [4.69, 9.17) is 0 Å². The first-order valence-electron chi connectivity index (χ1n) is 7.71. The molecule has 1 aromatic carbocycles. The van der Waals surface area contributed by atoms with Crippen LogP contribution >= 0.6 is 0 Å². The van der Waals surface area contributed by atoms with Gasteiger partial charge >= 0.3 is 0 Å². The fourth-order valence-corrected chi connectivity index (χ4v) is 3.83. The topological polar surface area (TPSA) is 3.24 Å². The number of hydrogen-bond acceptors (Lipinski definition) is 1. The average Bonchev–Trinajstić information content (AvgIpc) is 2.44. The Balaban J connectivity index is 1.82. The van der Waals surface area contributed by atoms with E-state index in [0.717, 1.165) is 18.5 Å². The Labute approximate surface area is 117 Å². The first kappa shape index (κ1) is 12.9. The second-order valence-corrected chi connectivity index (χ2v) is 6.33. The molecule has 1 aliphatic carbocycles. The fraction of sp³-hybridized carbons (Fsp3) is 0.556. The van der Waals surface area contributed by atoms with Crippen LogP contribution in [0.2, 0.25) is 0 Å². The average molecular weight is 255 g/mol. The van der Waals surface area contributed by atoms with Crippen LogP contribution in [0.15, 0.2) is 35.9 Å². The first-order chi connectivity index (χ1) is 9.25. The van der Waals surface area contributed by atoms with Gasteiger partial charge in [0.25, 0.3) is 0 Å². The molecule has 0 spiro atoms. The first-order valence-corrected chi connectivity index (χ1v) is 7.71. The van der Waals surface area contributed by atoms with Crippen molar-refractivity contribution in [3.8, 4) is 0 Å². The maximum atomic E-state index is 2.72. The Hall–Kier alpha value is -1.08. The lowest BCUT2D eigenvalue weighted by molar-refractivity contribution is 0.126. The summed E-state index contributed by atoms with van der Waals surface area (Å²) in [4.78, 5) is 2.72. The minimum Gasteiger partial charge on any atom is -0.296 e. The van der Waals surface area contributed by atoms with Gasteiger partial charge in [-0.25, -0.2) is 0 Å². The third-order valence-electron chi connectivity index (χ3n) is 4.79. The SMILES string of the molecule is CC(C)=CCN1CCCC2c3ccccc3CCC21. The number of nitrogens with zero attached hydrogens (tertiary/aromatic N) is 1. The van der Waals surface area contributed by atoms with E-state index in [0.29, 0.717) is 0 Å². The highest BCUT2D eigenvalue weighted by Crippen LogP contribution is 2.40. The largest absolute Gasteiger partial charge is 0.296 e. The quantitative estimate of drug-likeness (QED) is 0.718. The van der Waals surface area contributed by atoms with Crippen LogP contribution in [0.5, 0.6) is 0 Å². The number of aryl methyl sites for hydroxylation is 1. The number of hydrogen-bond donors (Lipinski definition) is 0. The van der Waals surface area contributed by atoms with Crippen molar-refractivity contribution in [3.63, 3.8) is 0 Å². The Bertz CT molecular complexity index is 470. The molecule has 1 heterocycles. The van der Waals surface area contributed by atoms with Gasteiger partial charge in [0.15, 0.2) is 0 Å². The molecular weight excluding hydrogens is 230 g/mol. The highest BCUT2D eigenvalue weighted by molar-refractivity contribution is 5.35. The van der Waals surface area contributed by atoms with Gasteiger partial charge in [-0.15, -0.1) is 0 Å². The van der Waals surface area contributed by atoms with Crippen LogP contribution in [0.3, 0.4) is 0 Å². The normalized spacial score (nSPS) is 26.4. The smallest absolute Gasteiger partial charge is 0.0170 e. The highest BCUT2D eigenvalue weighted by Gasteiger charge is 2.35. The summed E-state index contributed by atoms with van der Waals surface area (Å²) < 4.78 is 0. The maximum absolute atomic E-state index is 2.72. The predicted octanol–water partition coefficient (Wildman–Crippen LogP) is 4.15. The van der Waals surface area contributed by atoms with Crippen LogP contribution in [0.25, 0.3) is 0 Å². The highest BCUT2D eigenvalue weighted by atomic mass is 15.2. The molecule has 0 amide bonds. The lowest BCUT2D eigenvalue weighted by atomic mass is 9.74. The Morgan fingerprint density at radius 1 is 1.26 bits per heavy atom. The van der Waals surface area contributed by atoms with Gasteiger partial charge < -0.3 is 0 Å². The summed E-state index contributed by atoms with van der Waals surface area (Å²) in [6.45, 7) is 6.84. The lowest BCUT2D eigenvalue weighted by Crippen LogP contribution is -2.46. The molecule has 1 saturated heterocycles. The number of piperidine rings is 1. The van der Waals surface area contributed by atoms with E-state index in [1.54, 1.807) is 11.1 Å². The second kappa shape index (κ2) is 5.50. The molecule has 19 heavy (non-hydrogen) atoms. The summed E-state index contributed by atoms with van der Waals surface area (Å²) in [7, 11) is 0. The zero-order valence-corrected chi connectivity index (χ0v) is 12.2. The summed E-state index contributed by atoms with van der Waals surface area (Å²) in [5, 5.41) is 0. The van der Waals surface area contributed by atoms with E-state index in [1.165, 1.54) is 37.8 Å². The van der Waals surface area contributed by atoms with Gasteiger partial charge in [0, 0.05) is 12.6 Å². The molecule has 0 bridgehead atoms. The van der Waals surface area contributed by atoms with Crippen molar-refractivity contribution in [1.82, 2.24) is 4.90 Å². The molecule has 0 radical (unpaired) electrons. The van der Waals surface area contributed by atoms with Crippen molar-refractivity contribution in [1.29, 1.82) is 0 Å². The molecule has 2 atom stereocenters. The third-order valence-corrected chi connectivity index (χ3v) is 4.79. The van der Waals surface area contributed by atoms with E-state index in [1.807, 2.05) is 0 Å².